The van der Waals surface area contributed by atoms with E-state index in [9.17, 15) is 4.79 Å². The summed E-state index contributed by atoms with van der Waals surface area (Å²) in [5, 5.41) is 12.0. The molecule has 0 aromatic heterocycles. The summed E-state index contributed by atoms with van der Waals surface area (Å²) in [6.07, 6.45) is 0.243. The van der Waals surface area contributed by atoms with Gasteiger partial charge in [-0.1, -0.05) is 0 Å². The van der Waals surface area contributed by atoms with Crippen LogP contribution in [-0.4, -0.2) is 47.7 Å². The lowest BCUT2D eigenvalue weighted by Gasteiger charge is -2.35. The number of carboxylic acid groups (broad SMARTS) is 1. The van der Waals surface area contributed by atoms with Crippen LogP contribution in [0, 0.1) is 0 Å². The number of carboxylic acids is 1. The standard InChI is InChI=1S/C9H18N2O2/c1-7-6-11(4-3-10-7)8(2)5-9(12)13/h7-8,10H,3-6H2,1-2H3,(H,12,13)/t7-,8?/m0/s1. The van der Waals surface area contributed by atoms with E-state index in [0.29, 0.717) is 6.04 Å². The Hall–Kier alpha value is -0.610. The van der Waals surface area contributed by atoms with E-state index in [2.05, 4.69) is 17.1 Å². The fraction of sp³-hybridized carbons (Fsp3) is 0.889. The lowest BCUT2D eigenvalue weighted by Crippen LogP contribution is -2.52. The molecule has 0 saturated carbocycles. The maximum atomic E-state index is 10.5. The molecule has 0 radical (unpaired) electrons. The first-order valence-corrected chi connectivity index (χ1v) is 4.79. The molecule has 1 unspecified atom stereocenters. The SMILES string of the molecule is CC(CC(=O)O)N1CCN[C@@H](C)C1. The summed E-state index contributed by atoms with van der Waals surface area (Å²) in [6, 6.07) is 0.632. The van der Waals surface area contributed by atoms with E-state index in [1.54, 1.807) is 0 Å². The summed E-state index contributed by atoms with van der Waals surface area (Å²) in [5.74, 6) is -0.710. The fourth-order valence-corrected chi connectivity index (χ4v) is 1.74. The van der Waals surface area contributed by atoms with E-state index in [1.807, 2.05) is 6.92 Å². The molecule has 1 saturated heterocycles. The van der Waals surface area contributed by atoms with Crippen molar-refractivity contribution in [3.63, 3.8) is 0 Å². The van der Waals surface area contributed by atoms with Gasteiger partial charge in [-0.15, -0.1) is 0 Å². The van der Waals surface area contributed by atoms with Crippen molar-refractivity contribution in [3.8, 4) is 0 Å². The largest absolute Gasteiger partial charge is 0.481 e. The van der Waals surface area contributed by atoms with Crippen LogP contribution in [-0.2, 0) is 4.79 Å². The van der Waals surface area contributed by atoms with Crippen LogP contribution < -0.4 is 5.32 Å². The molecule has 1 heterocycles. The molecule has 1 fully saturated rings. The van der Waals surface area contributed by atoms with Crippen molar-refractivity contribution in [3.05, 3.63) is 0 Å². The van der Waals surface area contributed by atoms with Crippen molar-refractivity contribution in [1.82, 2.24) is 10.2 Å². The number of aliphatic carboxylic acids is 1. The number of nitrogens with zero attached hydrogens (tertiary/aromatic N) is 1. The topological polar surface area (TPSA) is 52.6 Å². The second-order valence-corrected chi connectivity index (χ2v) is 3.80. The van der Waals surface area contributed by atoms with Gasteiger partial charge in [-0.05, 0) is 13.8 Å². The van der Waals surface area contributed by atoms with Crippen molar-refractivity contribution < 1.29 is 9.90 Å². The van der Waals surface area contributed by atoms with E-state index in [0.717, 1.165) is 19.6 Å². The summed E-state index contributed by atoms with van der Waals surface area (Å²) in [5.41, 5.74) is 0. The summed E-state index contributed by atoms with van der Waals surface area (Å²) in [4.78, 5) is 12.7. The third-order valence-electron chi connectivity index (χ3n) is 2.49. The van der Waals surface area contributed by atoms with Gasteiger partial charge in [0.2, 0.25) is 0 Å². The third kappa shape index (κ3) is 3.32. The molecule has 0 amide bonds. The number of hydrogen-bond acceptors (Lipinski definition) is 3. The van der Waals surface area contributed by atoms with Crippen molar-refractivity contribution in [1.29, 1.82) is 0 Å². The molecule has 76 valence electrons. The number of nitrogens with one attached hydrogen (secondary N) is 1. The summed E-state index contributed by atoms with van der Waals surface area (Å²) in [7, 11) is 0. The van der Waals surface area contributed by atoms with E-state index in [4.69, 9.17) is 5.11 Å². The highest BCUT2D eigenvalue weighted by molar-refractivity contribution is 5.67. The Labute approximate surface area is 78.9 Å². The Morgan fingerprint density at radius 1 is 1.77 bits per heavy atom. The molecule has 1 aliphatic heterocycles. The van der Waals surface area contributed by atoms with Crippen LogP contribution in [0.5, 0.6) is 0 Å². The maximum Gasteiger partial charge on any atom is 0.304 e. The van der Waals surface area contributed by atoms with Gasteiger partial charge in [-0.2, -0.15) is 0 Å². The van der Waals surface area contributed by atoms with Gasteiger partial charge in [0.15, 0.2) is 0 Å². The molecule has 1 rings (SSSR count). The van der Waals surface area contributed by atoms with E-state index >= 15 is 0 Å². The number of piperazine rings is 1. The van der Waals surface area contributed by atoms with Crippen LogP contribution in [0.3, 0.4) is 0 Å². The third-order valence-corrected chi connectivity index (χ3v) is 2.49. The van der Waals surface area contributed by atoms with Crippen LogP contribution >= 0.6 is 0 Å². The van der Waals surface area contributed by atoms with Crippen LogP contribution in [0.1, 0.15) is 20.3 Å². The van der Waals surface area contributed by atoms with Crippen molar-refractivity contribution >= 4 is 5.97 Å². The molecule has 0 aromatic rings. The molecule has 2 atom stereocenters. The molecule has 0 bridgehead atoms. The van der Waals surface area contributed by atoms with Crippen molar-refractivity contribution in [2.75, 3.05) is 19.6 Å². The van der Waals surface area contributed by atoms with Gasteiger partial charge in [0, 0.05) is 31.7 Å². The molecule has 1 aliphatic rings. The molecule has 0 spiro atoms. The Morgan fingerprint density at radius 2 is 2.46 bits per heavy atom. The first-order chi connectivity index (χ1) is 6.09. The quantitative estimate of drug-likeness (QED) is 0.658. The zero-order chi connectivity index (χ0) is 9.84. The Bertz CT molecular complexity index is 184. The van der Waals surface area contributed by atoms with E-state index in [-0.39, 0.29) is 12.5 Å². The number of carbonyl (C=O) groups is 1. The minimum absolute atomic E-state index is 0.155. The van der Waals surface area contributed by atoms with Crippen molar-refractivity contribution in [2.45, 2.75) is 32.4 Å². The zero-order valence-electron chi connectivity index (χ0n) is 8.29. The van der Waals surface area contributed by atoms with Crippen LogP contribution in [0.25, 0.3) is 0 Å². The van der Waals surface area contributed by atoms with Gasteiger partial charge in [0.05, 0.1) is 6.42 Å². The molecule has 13 heavy (non-hydrogen) atoms. The highest BCUT2D eigenvalue weighted by Crippen LogP contribution is 2.07. The van der Waals surface area contributed by atoms with Crippen molar-refractivity contribution in [2.24, 2.45) is 0 Å². The van der Waals surface area contributed by atoms with Crippen LogP contribution in [0.4, 0.5) is 0 Å². The Balaban J connectivity index is 2.36. The molecule has 4 nitrogen and oxygen atoms in total. The van der Waals surface area contributed by atoms with Gasteiger partial charge in [-0.3, -0.25) is 9.69 Å². The van der Waals surface area contributed by atoms with Gasteiger partial charge in [0.1, 0.15) is 0 Å². The monoisotopic (exact) mass is 186 g/mol. The average Bonchev–Trinajstić information content (AvgIpc) is 2.03. The summed E-state index contributed by atoms with van der Waals surface area (Å²) < 4.78 is 0. The Kier molecular flexibility index (Phi) is 3.69. The van der Waals surface area contributed by atoms with Crippen LogP contribution in [0.15, 0.2) is 0 Å². The molecular weight excluding hydrogens is 168 g/mol. The van der Waals surface area contributed by atoms with E-state index in [1.165, 1.54) is 0 Å². The second kappa shape index (κ2) is 4.58. The first kappa shape index (κ1) is 10.5. The second-order valence-electron chi connectivity index (χ2n) is 3.80. The van der Waals surface area contributed by atoms with Gasteiger partial charge in [0.25, 0.3) is 0 Å². The minimum atomic E-state index is -0.710. The molecular formula is C9H18N2O2. The smallest absolute Gasteiger partial charge is 0.304 e. The number of hydrogen-bond donors (Lipinski definition) is 2. The first-order valence-electron chi connectivity index (χ1n) is 4.79. The highest BCUT2D eigenvalue weighted by atomic mass is 16.4. The Morgan fingerprint density at radius 3 is 3.00 bits per heavy atom. The molecule has 0 aliphatic carbocycles. The summed E-state index contributed by atoms with van der Waals surface area (Å²) in [6.45, 7) is 6.98. The lowest BCUT2D eigenvalue weighted by molar-refractivity contribution is -0.138. The average molecular weight is 186 g/mol. The fourth-order valence-electron chi connectivity index (χ4n) is 1.74. The maximum absolute atomic E-state index is 10.5. The predicted octanol–water partition coefficient (Wildman–Crippen LogP) is 0.143. The zero-order valence-corrected chi connectivity index (χ0v) is 8.29. The molecule has 0 aromatic carbocycles. The van der Waals surface area contributed by atoms with Gasteiger partial charge < -0.3 is 10.4 Å². The molecule has 4 heteroatoms. The normalized spacial score (nSPS) is 27.1. The van der Waals surface area contributed by atoms with E-state index < -0.39 is 5.97 Å². The molecule has 2 N–H and O–H groups in total. The highest BCUT2D eigenvalue weighted by Gasteiger charge is 2.21. The lowest BCUT2D eigenvalue weighted by atomic mass is 10.1. The predicted molar refractivity (Wildman–Crippen MR) is 50.8 cm³/mol. The minimum Gasteiger partial charge on any atom is -0.481 e. The van der Waals surface area contributed by atoms with Gasteiger partial charge in [-0.25, -0.2) is 0 Å². The van der Waals surface area contributed by atoms with Crippen LogP contribution in [0.2, 0.25) is 0 Å². The summed E-state index contributed by atoms with van der Waals surface area (Å²) >= 11 is 0. The number of rotatable bonds is 3. The van der Waals surface area contributed by atoms with Gasteiger partial charge >= 0.3 is 5.97 Å².